The molecule has 0 radical (unpaired) electrons. The molecular weight excluding hydrogens is 358 g/mol. The minimum absolute atomic E-state index is 0.0192. The molecule has 2 heterocycles. The Labute approximate surface area is 164 Å². The second kappa shape index (κ2) is 7.83. The van der Waals surface area contributed by atoms with E-state index in [-0.39, 0.29) is 11.6 Å². The van der Waals surface area contributed by atoms with Crippen LogP contribution in [0.15, 0.2) is 53.3 Å². The molecule has 3 aromatic rings. The summed E-state index contributed by atoms with van der Waals surface area (Å²) in [6.45, 7) is 1.95. The van der Waals surface area contributed by atoms with Crippen molar-refractivity contribution in [2.45, 2.75) is 31.7 Å². The van der Waals surface area contributed by atoms with E-state index < -0.39 is 0 Å². The lowest BCUT2D eigenvalue weighted by atomic mass is 10.0. The van der Waals surface area contributed by atoms with E-state index in [9.17, 15) is 4.79 Å². The monoisotopic (exact) mass is 381 g/mol. The van der Waals surface area contributed by atoms with Crippen molar-refractivity contribution in [3.8, 4) is 0 Å². The Morgan fingerprint density at radius 3 is 2.59 bits per heavy atom. The second-order valence-corrected chi connectivity index (χ2v) is 7.89. The first-order valence-corrected chi connectivity index (χ1v) is 9.93. The lowest BCUT2D eigenvalue weighted by molar-refractivity contribution is 0.281. The maximum atomic E-state index is 13.2. The van der Waals surface area contributed by atoms with Crippen LogP contribution in [0.1, 0.15) is 36.6 Å². The number of likely N-dealkylation sites (N-methyl/N-ethyl adjacent to an activating group) is 1. The normalized spacial score (nSPS) is 18.5. The highest BCUT2D eigenvalue weighted by atomic mass is 35.5. The Hall–Kier alpha value is -2.17. The van der Waals surface area contributed by atoms with Crippen molar-refractivity contribution in [2.24, 2.45) is 0 Å². The van der Waals surface area contributed by atoms with Crippen LogP contribution in [0.5, 0.6) is 0 Å². The number of hydrogen-bond donors (Lipinski definition) is 0. The van der Waals surface area contributed by atoms with Gasteiger partial charge < -0.3 is 4.90 Å². The van der Waals surface area contributed by atoms with Crippen molar-refractivity contribution in [1.82, 2.24) is 14.7 Å². The number of fused-ring (bicyclic) bond motifs is 1. The molecular formula is C22H24ClN3O. The molecule has 0 aliphatic carbocycles. The molecule has 1 aromatic heterocycles. The molecule has 1 aliphatic heterocycles. The molecule has 0 saturated carbocycles. The lowest BCUT2D eigenvalue weighted by Gasteiger charge is -2.22. The van der Waals surface area contributed by atoms with Crippen molar-refractivity contribution >= 4 is 22.4 Å². The van der Waals surface area contributed by atoms with Crippen molar-refractivity contribution < 1.29 is 0 Å². The van der Waals surface area contributed by atoms with Gasteiger partial charge >= 0.3 is 0 Å². The predicted molar refractivity (Wildman–Crippen MR) is 111 cm³/mol. The number of benzene rings is 2. The summed E-state index contributed by atoms with van der Waals surface area (Å²) in [6, 6.07) is 15.8. The Morgan fingerprint density at radius 1 is 1.07 bits per heavy atom. The molecule has 4 nitrogen and oxygen atoms in total. The number of likely N-dealkylation sites (tertiary alicyclic amines) is 1. The minimum atomic E-state index is 0.0192. The minimum Gasteiger partial charge on any atom is -0.304 e. The van der Waals surface area contributed by atoms with E-state index in [0.717, 1.165) is 53.0 Å². The van der Waals surface area contributed by atoms with Crippen molar-refractivity contribution in [3.05, 3.63) is 75.2 Å². The van der Waals surface area contributed by atoms with Crippen LogP contribution in [0, 0.1) is 0 Å². The van der Waals surface area contributed by atoms with Crippen LogP contribution in [0.25, 0.3) is 10.8 Å². The molecule has 1 atom stereocenters. The van der Waals surface area contributed by atoms with E-state index in [1.807, 2.05) is 48.5 Å². The molecule has 140 valence electrons. The largest absolute Gasteiger partial charge is 0.304 e. The molecule has 0 bridgehead atoms. The van der Waals surface area contributed by atoms with E-state index in [1.165, 1.54) is 6.42 Å². The van der Waals surface area contributed by atoms with Gasteiger partial charge in [0, 0.05) is 23.4 Å². The van der Waals surface area contributed by atoms with Crippen LogP contribution in [-0.2, 0) is 6.42 Å². The third kappa shape index (κ3) is 3.92. The maximum absolute atomic E-state index is 13.2. The fraction of sp³-hybridized carbons (Fsp3) is 0.364. The number of nitrogens with zero attached hydrogens (tertiary/aromatic N) is 3. The van der Waals surface area contributed by atoms with E-state index in [1.54, 1.807) is 4.68 Å². The van der Waals surface area contributed by atoms with Gasteiger partial charge in [-0.25, -0.2) is 4.68 Å². The van der Waals surface area contributed by atoms with Gasteiger partial charge in [-0.1, -0.05) is 41.9 Å². The molecule has 1 aliphatic rings. The Balaban J connectivity index is 1.81. The van der Waals surface area contributed by atoms with Crippen molar-refractivity contribution in [2.75, 3.05) is 20.1 Å². The summed E-state index contributed by atoms with van der Waals surface area (Å²) in [4.78, 5) is 15.5. The first-order chi connectivity index (χ1) is 13.1. The zero-order valence-electron chi connectivity index (χ0n) is 15.6. The van der Waals surface area contributed by atoms with E-state index in [0.29, 0.717) is 6.42 Å². The van der Waals surface area contributed by atoms with Gasteiger partial charge in [-0.05, 0) is 56.6 Å². The van der Waals surface area contributed by atoms with Gasteiger partial charge in [-0.15, -0.1) is 0 Å². The van der Waals surface area contributed by atoms with Gasteiger partial charge in [0.2, 0.25) is 0 Å². The average Bonchev–Trinajstić information content (AvgIpc) is 2.90. The summed E-state index contributed by atoms with van der Waals surface area (Å²) < 4.78 is 1.75. The van der Waals surface area contributed by atoms with Crippen LogP contribution in [0.2, 0.25) is 5.02 Å². The Bertz CT molecular complexity index is 997. The lowest BCUT2D eigenvalue weighted by Crippen LogP contribution is -2.34. The van der Waals surface area contributed by atoms with Crippen LogP contribution in [0.4, 0.5) is 0 Å². The fourth-order valence-electron chi connectivity index (χ4n) is 3.95. The summed E-state index contributed by atoms with van der Waals surface area (Å²) in [6.07, 6.45) is 3.98. The van der Waals surface area contributed by atoms with Crippen LogP contribution < -0.4 is 5.56 Å². The number of rotatable bonds is 3. The van der Waals surface area contributed by atoms with Crippen molar-refractivity contribution in [1.29, 1.82) is 0 Å². The average molecular weight is 382 g/mol. The molecule has 1 fully saturated rings. The summed E-state index contributed by atoms with van der Waals surface area (Å²) in [5.41, 5.74) is 2.10. The zero-order valence-corrected chi connectivity index (χ0v) is 16.3. The summed E-state index contributed by atoms with van der Waals surface area (Å²) in [5.74, 6) is 0. The number of halogens is 1. The topological polar surface area (TPSA) is 38.1 Å². The summed E-state index contributed by atoms with van der Waals surface area (Å²) in [5, 5.41) is 7.28. The predicted octanol–water partition coefficient (Wildman–Crippen LogP) is 4.30. The number of hydrogen-bond acceptors (Lipinski definition) is 3. The third-order valence-electron chi connectivity index (χ3n) is 5.39. The fourth-order valence-corrected chi connectivity index (χ4v) is 4.08. The van der Waals surface area contributed by atoms with Crippen LogP contribution in [-0.4, -0.2) is 34.8 Å². The summed E-state index contributed by atoms with van der Waals surface area (Å²) in [7, 11) is 2.12. The van der Waals surface area contributed by atoms with Gasteiger partial charge in [0.1, 0.15) is 0 Å². The molecule has 0 N–H and O–H groups in total. The van der Waals surface area contributed by atoms with Gasteiger partial charge in [-0.3, -0.25) is 4.79 Å². The van der Waals surface area contributed by atoms with Gasteiger partial charge in [0.05, 0.1) is 17.1 Å². The quantitative estimate of drug-likeness (QED) is 0.679. The molecule has 1 unspecified atom stereocenters. The molecule has 4 rings (SSSR count). The molecule has 27 heavy (non-hydrogen) atoms. The van der Waals surface area contributed by atoms with Gasteiger partial charge in [0.15, 0.2) is 0 Å². The molecule has 1 saturated heterocycles. The highest BCUT2D eigenvalue weighted by Gasteiger charge is 2.21. The summed E-state index contributed by atoms with van der Waals surface area (Å²) >= 11 is 6.02. The smallest absolute Gasteiger partial charge is 0.274 e. The van der Waals surface area contributed by atoms with E-state index in [2.05, 4.69) is 11.9 Å². The highest BCUT2D eigenvalue weighted by Crippen LogP contribution is 2.22. The zero-order chi connectivity index (χ0) is 18.8. The van der Waals surface area contributed by atoms with Crippen LogP contribution >= 0.6 is 11.6 Å². The SMILES string of the molecule is CN1CCCCC(n2nc(Cc3ccc(Cl)cc3)c3ccccc3c2=O)C1. The molecule has 0 spiro atoms. The maximum Gasteiger partial charge on any atom is 0.274 e. The first-order valence-electron chi connectivity index (χ1n) is 9.55. The Morgan fingerprint density at radius 2 is 1.81 bits per heavy atom. The first kappa shape index (κ1) is 18.2. The Kier molecular flexibility index (Phi) is 5.28. The molecule has 5 heteroatoms. The second-order valence-electron chi connectivity index (χ2n) is 7.46. The molecule has 2 aromatic carbocycles. The van der Waals surface area contributed by atoms with Crippen molar-refractivity contribution in [3.63, 3.8) is 0 Å². The van der Waals surface area contributed by atoms with E-state index >= 15 is 0 Å². The number of aromatic nitrogens is 2. The molecule has 0 amide bonds. The third-order valence-corrected chi connectivity index (χ3v) is 5.64. The highest BCUT2D eigenvalue weighted by molar-refractivity contribution is 6.30. The van der Waals surface area contributed by atoms with Crippen LogP contribution in [0.3, 0.4) is 0 Å². The van der Waals surface area contributed by atoms with Gasteiger partial charge in [0.25, 0.3) is 5.56 Å². The standard InChI is InChI=1S/C22H24ClN3O/c1-25-13-5-4-6-18(15-25)26-22(27)20-8-3-2-7-19(20)21(24-26)14-16-9-11-17(23)12-10-16/h2-3,7-12,18H,4-6,13-15H2,1H3. The van der Waals surface area contributed by atoms with E-state index in [4.69, 9.17) is 16.7 Å². The van der Waals surface area contributed by atoms with Gasteiger partial charge in [-0.2, -0.15) is 5.10 Å².